The molecular formula is C18H22F2N2O4. The van der Waals surface area contributed by atoms with E-state index in [2.05, 4.69) is 5.32 Å². The molecule has 0 aromatic heterocycles. The molecule has 6 nitrogen and oxygen atoms in total. The fourth-order valence-electron chi connectivity index (χ4n) is 3.11. The van der Waals surface area contributed by atoms with Crippen LogP contribution < -0.4 is 5.32 Å². The third kappa shape index (κ3) is 4.56. The number of benzene rings is 1. The molecule has 1 atom stereocenters. The molecule has 0 spiro atoms. The van der Waals surface area contributed by atoms with E-state index in [1.807, 2.05) is 0 Å². The van der Waals surface area contributed by atoms with E-state index in [-0.39, 0.29) is 30.5 Å². The van der Waals surface area contributed by atoms with Gasteiger partial charge in [0.05, 0.1) is 5.56 Å². The maximum Gasteiger partial charge on any atom is 0.405 e. The first kappa shape index (κ1) is 19.8. The lowest BCUT2D eigenvalue weighted by Crippen LogP contribution is -2.53. The van der Waals surface area contributed by atoms with E-state index < -0.39 is 35.5 Å². The van der Waals surface area contributed by atoms with Gasteiger partial charge in [-0.05, 0) is 30.9 Å². The second kappa shape index (κ2) is 8.25. The average Bonchev–Trinajstić information content (AvgIpc) is 2.58. The molecule has 2 rings (SSSR count). The molecule has 8 heteroatoms. The Morgan fingerprint density at radius 2 is 1.81 bits per heavy atom. The minimum absolute atomic E-state index is 0.149. The normalized spacial score (nSPS) is 16.4. The highest BCUT2D eigenvalue weighted by molar-refractivity contribution is 5.98. The van der Waals surface area contributed by atoms with Crippen molar-refractivity contribution >= 4 is 17.8 Å². The number of nitrogens with one attached hydrogen (secondary N) is 1. The quantitative estimate of drug-likeness (QED) is 0.783. The molecule has 1 heterocycles. The molecule has 0 unspecified atom stereocenters. The lowest BCUT2D eigenvalue weighted by molar-refractivity contribution is -0.135. The molecule has 0 bridgehead atoms. The molecule has 2 N–H and O–H groups in total. The molecule has 0 radical (unpaired) electrons. The molecule has 1 aromatic rings. The number of carbonyl (C=O) groups is 3. The van der Waals surface area contributed by atoms with E-state index in [9.17, 15) is 23.2 Å². The van der Waals surface area contributed by atoms with Gasteiger partial charge in [0.15, 0.2) is 5.78 Å². The molecule has 1 aliphatic heterocycles. The van der Waals surface area contributed by atoms with Crippen molar-refractivity contribution in [2.24, 2.45) is 11.8 Å². The Bertz CT molecular complexity index is 700. The smallest absolute Gasteiger partial charge is 0.405 e. The lowest BCUT2D eigenvalue weighted by atomic mass is 9.88. The van der Waals surface area contributed by atoms with Crippen molar-refractivity contribution in [3.63, 3.8) is 0 Å². The molecule has 26 heavy (non-hydrogen) atoms. The summed E-state index contributed by atoms with van der Waals surface area (Å²) in [5, 5.41) is 11.1. The first-order valence-corrected chi connectivity index (χ1v) is 8.48. The number of hydrogen-bond acceptors (Lipinski definition) is 3. The monoisotopic (exact) mass is 368 g/mol. The Labute approximate surface area is 150 Å². The van der Waals surface area contributed by atoms with E-state index >= 15 is 0 Å². The van der Waals surface area contributed by atoms with Crippen molar-refractivity contribution < 1.29 is 28.3 Å². The van der Waals surface area contributed by atoms with Gasteiger partial charge in [0, 0.05) is 25.1 Å². The maximum absolute atomic E-state index is 13.8. The van der Waals surface area contributed by atoms with E-state index in [1.165, 1.54) is 4.90 Å². The summed E-state index contributed by atoms with van der Waals surface area (Å²) >= 11 is 0. The Kier molecular flexibility index (Phi) is 6.28. The summed E-state index contributed by atoms with van der Waals surface area (Å²) in [5.41, 5.74) is -0.149. The van der Waals surface area contributed by atoms with Crippen LogP contribution in [0.2, 0.25) is 0 Å². The number of piperidine rings is 1. The number of Topliss-reactive ketones (excluding diaryl/α,β-unsaturated/α-hetero) is 1. The van der Waals surface area contributed by atoms with Gasteiger partial charge in [-0.25, -0.2) is 13.6 Å². The largest absolute Gasteiger partial charge is 0.465 e. The van der Waals surface area contributed by atoms with Crippen LogP contribution in [0.25, 0.3) is 0 Å². The summed E-state index contributed by atoms with van der Waals surface area (Å²) < 4.78 is 26.8. The van der Waals surface area contributed by atoms with Gasteiger partial charge in [0.1, 0.15) is 17.7 Å². The number of carboxylic acid groups (broad SMARTS) is 1. The van der Waals surface area contributed by atoms with Gasteiger partial charge >= 0.3 is 6.09 Å². The van der Waals surface area contributed by atoms with Crippen molar-refractivity contribution in [2.45, 2.75) is 32.7 Å². The van der Waals surface area contributed by atoms with Gasteiger partial charge in [-0.3, -0.25) is 9.59 Å². The zero-order valence-electron chi connectivity index (χ0n) is 14.7. The van der Waals surface area contributed by atoms with Gasteiger partial charge in [-0.15, -0.1) is 0 Å². The topological polar surface area (TPSA) is 86.7 Å². The summed E-state index contributed by atoms with van der Waals surface area (Å²) in [6.07, 6.45) is -0.577. The molecule has 0 aliphatic carbocycles. The second-order valence-corrected chi connectivity index (χ2v) is 6.76. The molecule has 1 aliphatic rings. The molecule has 1 saturated heterocycles. The van der Waals surface area contributed by atoms with Crippen LogP contribution in [0, 0.1) is 23.5 Å². The summed E-state index contributed by atoms with van der Waals surface area (Å²) in [7, 11) is 0. The molecule has 1 aromatic carbocycles. The number of nitrogens with zero attached hydrogens (tertiary/aromatic N) is 1. The number of halogens is 2. The molecular weight excluding hydrogens is 346 g/mol. The van der Waals surface area contributed by atoms with E-state index in [1.54, 1.807) is 13.8 Å². The lowest BCUT2D eigenvalue weighted by Gasteiger charge is -2.34. The molecule has 1 fully saturated rings. The van der Waals surface area contributed by atoms with Gasteiger partial charge in [-0.2, -0.15) is 0 Å². The zero-order valence-corrected chi connectivity index (χ0v) is 14.7. The Hall–Kier alpha value is -2.51. The van der Waals surface area contributed by atoms with Crippen LogP contribution in [0.5, 0.6) is 0 Å². The van der Waals surface area contributed by atoms with Gasteiger partial charge in [0.2, 0.25) is 5.91 Å². The highest BCUT2D eigenvalue weighted by atomic mass is 19.1. The van der Waals surface area contributed by atoms with Crippen LogP contribution in [-0.2, 0) is 4.79 Å². The number of ketones is 1. The zero-order chi connectivity index (χ0) is 19.4. The Morgan fingerprint density at radius 3 is 2.31 bits per heavy atom. The molecule has 0 saturated carbocycles. The predicted octanol–water partition coefficient (Wildman–Crippen LogP) is 2.68. The summed E-state index contributed by atoms with van der Waals surface area (Å²) in [4.78, 5) is 37.4. The first-order chi connectivity index (χ1) is 12.2. The summed E-state index contributed by atoms with van der Waals surface area (Å²) in [5.74, 6) is -3.04. The van der Waals surface area contributed by atoms with Crippen molar-refractivity contribution in [1.29, 1.82) is 0 Å². The van der Waals surface area contributed by atoms with Crippen LogP contribution in [0.1, 0.15) is 37.0 Å². The third-order valence-corrected chi connectivity index (χ3v) is 4.59. The minimum atomic E-state index is -1.27. The Morgan fingerprint density at radius 1 is 1.19 bits per heavy atom. The van der Waals surface area contributed by atoms with E-state index in [4.69, 9.17) is 5.11 Å². The predicted molar refractivity (Wildman–Crippen MR) is 89.8 cm³/mol. The average molecular weight is 368 g/mol. The van der Waals surface area contributed by atoms with Crippen LogP contribution in [0.3, 0.4) is 0 Å². The van der Waals surface area contributed by atoms with Gasteiger partial charge < -0.3 is 15.3 Å². The summed E-state index contributed by atoms with van der Waals surface area (Å²) in [6, 6.07) is 2.00. The second-order valence-electron chi connectivity index (χ2n) is 6.76. The SMILES string of the molecule is CC(C)[C@H](NC(=O)O)C(=O)N1CCC(C(=O)c2ccc(F)cc2F)CC1. The fraction of sp³-hybridized carbons (Fsp3) is 0.500. The van der Waals surface area contributed by atoms with Crippen LogP contribution >= 0.6 is 0 Å². The first-order valence-electron chi connectivity index (χ1n) is 8.48. The van der Waals surface area contributed by atoms with Crippen molar-refractivity contribution in [2.75, 3.05) is 13.1 Å². The van der Waals surface area contributed by atoms with E-state index in [0.29, 0.717) is 18.9 Å². The third-order valence-electron chi connectivity index (χ3n) is 4.59. The van der Waals surface area contributed by atoms with Crippen molar-refractivity contribution in [3.05, 3.63) is 35.4 Å². The number of rotatable bonds is 5. The number of carbonyl (C=O) groups excluding carboxylic acids is 2. The van der Waals surface area contributed by atoms with Gasteiger partial charge in [-0.1, -0.05) is 13.8 Å². The Balaban J connectivity index is 2.00. The highest BCUT2D eigenvalue weighted by Crippen LogP contribution is 2.24. The fourth-order valence-corrected chi connectivity index (χ4v) is 3.11. The maximum atomic E-state index is 13.8. The van der Waals surface area contributed by atoms with E-state index in [0.717, 1.165) is 12.1 Å². The summed E-state index contributed by atoms with van der Waals surface area (Å²) in [6.45, 7) is 4.04. The van der Waals surface area contributed by atoms with Gasteiger partial charge in [0.25, 0.3) is 0 Å². The van der Waals surface area contributed by atoms with Crippen LogP contribution in [0.15, 0.2) is 18.2 Å². The number of likely N-dealkylation sites (tertiary alicyclic amines) is 1. The van der Waals surface area contributed by atoms with Crippen LogP contribution in [0.4, 0.5) is 13.6 Å². The number of amides is 2. The van der Waals surface area contributed by atoms with Crippen LogP contribution in [-0.4, -0.2) is 46.9 Å². The highest BCUT2D eigenvalue weighted by Gasteiger charge is 2.33. The molecule has 2 amide bonds. The van der Waals surface area contributed by atoms with Crippen molar-refractivity contribution in [3.8, 4) is 0 Å². The number of hydrogen-bond donors (Lipinski definition) is 2. The molecule has 142 valence electrons. The standard InChI is InChI=1S/C18H22F2N2O4/c1-10(2)15(21-18(25)26)17(24)22-7-5-11(6-8-22)16(23)13-4-3-12(19)9-14(13)20/h3-4,9-11,15,21H,5-8H2,1-2H3,(H,25,26)/t15-/m0/s1. The van der Waals surface area contributed by atoms with Crippen molar-refractivity contribution in [1.82, 2.24) is 10.2 Å². The minimum Gasteiger partial charge on any atom is -0.465 e.